The fourth-order valence-electron chi connectivity index (χ4n) is 1.94. The van der Waals surface area contributed by atoms with Crippen LogP contribution in [-0.4, -0.2) is 18.7 Å². The number of allylic oxidation sites excluding steroid dienone is 8. The molecule has 0 aliphatic rings. The third kappa shape index (κ3) is 24.1. The van der Waals surface area contributed by atoms with Gasteiger partial charge in [0, 0.05) is 5.75 Å². The first-order valence-electron chi connectivity index (χ1n) is 8.60. The fraction of sp³-hybridized carbons (Fsp3) is 0.579. The van der Waals surface area contributed by atoms with Gasteiger partial charge in [0.2, 0.25) is 0 Å². The standard InChI is InChI=1S/C19H32O3S.Na/c1-2-3-4-5-6-7-8-9-10-11-12-13-14-15-16-17-18-19-23(20,21)22;/h6-7,9-10,12-13,15-16H,2-5,8,11,14,17-19H2,1H3,(H,20,21,22);/q;+1/p-1/b7-6-,10-9-,13-12-,16-15-;. The van der Waals surface area contributed by atoms with Crippen LogP contribution in [0.15, 0.2) is 48.6 Å². The van der Waals surface area contributed by atoms with Crippen molar-refractivity contribution in [3.05, 3.63) is 48.6 Å². The molecule has 0 aromatic heterocycles. The molecule has 3 nitrogen and oxygen atoms in total. The van der Waals surface area contributed by atoms with Crippen LogP contribution in [0.2, 0.25) is 0 Å². The Morgan fingerprint density at radius 3 is 1.54 bits per heavy atom. The van der Waals surface area contributed by atoms with Gasteiger partial charge in [-0.3, -0.25) is 0 Å². The van der Waals surface area contributed by atoms with E-state index in [1.165, 1.54) is 25.7 Å². The number of hydrogen-bond acceptors (Lipinski definition) is 3. The first-order valence-corrected chi connectivity index (χ1v) is 10.2. The van der Waals surface area contributed by atoms with Crippen molar-refractivity contribution in [1.29, 1.82) is 0 Å². The van der Waals surface area contributed by atoms with E-state index in [1.807, 2.05) is 12.2 Å². The Morgan fingerprint density at radius 2 is 1.12 bits per heavy atom. The van der Waals surface area contributed by atoms with Crippen LogP contribution in [0.5, 0.6) is 0 Å². The second-order valence-electron chi connectivity index (χ2n) is 5.49. The van der Waals surface area contributed by atoms with Gasteiger partial charge in [-0.15, -0.1) is 0 Å². The second kappa shape index (κ2) is 19.2. The number of hydrogen-bond donors (Lipinski definition) is 0. The Kier molecular flexibility index (Phi) is 20.9. The first-order chi connectivity index (χ1) is 11.1. The van der Waals surface area contributed by atoms with Crippen molar-refractivity contribution in [3.8, 4) is 0 Å². The average Bonchev–Trinajstić information content (AvgIpc) is 2.49. The molecule has 0 saturated carbocycles. The molecule has 0 aromatic rings. The van der Waals surface area contributed by atoms with Gasteiger partial charge in [0.05, 0.1) is 10.1 Å². The monoisotopic (exact) mass is 362 g/mol. The summed E-state index contributed by atoms with van der Waals surface area (Å²) < 4.78 is 31.2. The van der Waals surface area contributed by atoms with Crippen LogP contribution in [0.3, 0.4) is 0 Å². The van der Waals surface area contributed by atoms with E-state index in [0.29, 0.717) is 12.8 Å². The molecule has 0 fully saturated rings. The maximum absolute atomic E-state index is 10.4. The molecule has 0 aromatic carbocycles. The van der Waals surface area contributed by atoms with Gasteiger partial charge < -0.3 is 4.55 Å². The zero-order valence-electron chi connectivity index (χ0n) is 15.3. The fourth-order valence-corrected chi connectivity index (χ4v) is 2.46. The molecule has 0 aliphatic heterocycles. The minimum absolute atomic E-state index is 0. The van der Waals surface area contributed by atoms with E-state index in [0.717, 1.165) is 19.3 Å². The van der Waals surface area contributed by atoms with Gasteiger partial charge in [-0.1, -0.05) is 68.4 Å². The summed E-state index contributed by atoms with van der Waals surface area (Å²) in [6.07, 6.45) is 25.9. The van der Waals surface area contributed by atoms with E-state index in [-0.39, 0.29) is 35.3 Å². The molecule has 0 bridgehead atoms. The van der Waals surface area contributed by atoms with Crippen LogP contribution >= 0.6 is 0 Å². The van der Waals surface area contributed by atoms with Crippen molar-refractivity contribution in [2.24, 2.45) is 0 Å². The van der Waals surface area contributed by atoms with E-state index in [1.54, 1.807) is 0 Å². The van der Waals surface area contributed by atoms with Gasteiger partial charge in [-0.05, 0) is 44.9 Å². The second-order valence-corrected chi connectivity index (χ2v) is 7.02. The zero-order chi connectivity index (χ0) is 17.2. The largest absolute Gasteiger partial charge is 1.00 e. The maximum atomic E-state index is 10.4. The van der Waals surface area contributed by atoms with Gasteiger partial charge in [0.25, 0.3) is 0 Å². The van der Waals surface area contributed by atoms with Crippen LogP contribution in [0.4, 0.5) is 0 Å². The molecule has 0 rings (SSSR count). The van der Waals surface area contributed by atoms with Crippen molar-refractivity contribution in [3.63, 3.8) is 0 Å². The molecule has 0 N–H and O–H groups in total. The van der Waals surface area contributed by atoms with Crippen molar-refractivity contribution in [2.45, 2.75) is 64.7 Å². The molecular weight excluding hydrogens is 331 g/mol. The first kappa shape index (κ1) is 26.1. The Balaban J connectivity index is 0. The van der Waals surface area contributed by atoms with Crippen molar-refractivity contribution >= 4 is 10.1 Å². The summed E-state index contributed by atoms with van der Waals surface area (Å²) in [4.78, 5) is 0. The summed E-state index contributed by atoms with van der Waals surface area (Å²) in [5.74, 6) is -0.273. The summed E-state index contributed by atoms with van der Waals surface area (Å²) in [5, 5.41) is 0. The molecule has 5 heteroatoms. The summed E-state index contributed by atoms with van der Waals surface area (Å²) >= 11 is 0. The summed E-state index contributed by atoms with van der Waals surface area (Å²) in [6.45, 7) is 2.22. The molecule has 0 amide bonds. The van der Waals surface area contributed by atoms with E-state index >= 15 is 0 Å². The van der Waals surface area contributed by atoms with Gasteiger partial charge in [-0.2, -0.15) is 0 Å². The van der Waals surface area contributed by atoms with E-state index in [9.17, 15) is 13.0 Å². The van der Waals surface area contributed by atoms with Crippen molar-refractivity contribution < 1.29 is 42.5 Å². The van der Waals surface area contributed by atoms with Gasteiger partial charge in [-0.25, -0.2) is 8.42 Å². The third-order valence-corrected chi connectivity index (χ3v) is 4.01. The Labute approximate surface area is 171 Å². The summed E-state index contributed by atoms with van der Waals surface area (Å²) in [7, 11) is -4.06. The minimum atomic E-state index is -4.06. The molecule has 24 heavy (non-hydrogen) atoms. The van der Waals surface area contributed by atoms with Gasteiger partial charge >= 0.3 is 29.6 Å². The Bertz CT molecular complexity index is 477. The van der Waals surface area contributed by atoms with E-state index in [2.05, 4.69) is 43.4 Å². The van der Waals surface area contributed by atoms with Crippen LogP contribution < -0.4 is 29.6 Å². The van der Waals surface area contributed by atoms with Crippen LogP contribution in [-0.2, 0) is 10.1 Å². The summed E-state index contributed by atoms with van der Waals surface area (Å²) in [5.41, 5.74) is 0. The SMILES string of the molecule is CCCCC/C=C\C/C=C\C/C=C\C/C=C\CCCS(=O)(=O)[O-].[Na+]. The molecule has 0 radical (unpaired) electrons. The van der Waals surface area contributed by atoms with Gasteiger partial charge in [0.15, 0.2) is 0 Å². The Morgan fingerprint density at radius 1 is 0.708 bits per heavy atom. The molecular formula is C19H31NaO3S. The molecule has 0 saturated heterocycles. The smallest absolute Gasteiger partial charge is 0.748 e. The molecule has 0 spiro atoms. The van der Waals surface area contributed by atoms with Crippen LogP contribution in [0.1, 0.15) is 64.7 Å². The number of unbranched alkanes of at least 4 members (excludes halogenated alkanes) is 4. The van der Waals surface area contributed by atoms with Gasteiger partial charge in [0.1, 0.15) is 0 Å². The molecule has 0 atom stereocenters. The minimum Gasteiger partial charge on any atom is -0.748 e. The molecule has 0 heterocycles. The number of rotatable bonds is 14. The Hall–Kier alpha value is -0.130. The third-order valence-electron chi connectivity index (χ3n) is 3.22. The average molecular weight is 363 g/mol. The maximum Gasteiger partial charge on any atom is 1.00 e. The van der Waals surface area contributed by atoms with E-state index in [4.69, 9.17) is 0 Å². The molecule has 0 aliphatic carbocycles. The van der Waals surface area contributed by atoms with Crippen LogP contribution in [0, 0.1) is 0 Å². The summed E-state index contributed by atoms with van der Waals surface area (Å²) in [6, 6.07) is 0. The molecule has 132 valence electrons. The van der Waals surface area contributed by atoms with Crippen molar-refractivity contribution in [2.75, 3.05) is 5.75 Å². The predicted octanol–water partition coefficient (Wildman–Crippen LogP) is 2.29. The topological polar surface area (TPSA) is 57.2 Å². The zero-order valence-corrected chi connectivity index (χ0v) is 18.1. The van der Waals surface area contributed by atoms with Crippen molar-refractivity contribution in [1.82, 2.24) is 0 Å². The molecule has 0 unspecified atom stereocenters. The normalized spacial score (nSPS) is 12.8. The quantitative estimate of drug-likeness (QED) is 0.206. The predicted molar refractivity (Wildman–Crippen MR) is 98.4 cm³/mol. The van der Waals surface area contributed by atoms with Crippen LogP contribution in [0.25, 0.3) is 0 Å². The van der Waals surface area contributed by atoms with E-state index < -0.39 is 10.1 Å².